The largest absolute Gasteiger partial charge is 0.509 e. The van der Waals surface area contributed by atoms with Crippen molar-refractivity contribution in [3.63, 3.8) is 0 Å². The van der Waals surface area contributed by atoms with E-state index in [9.17, 15) is 37.2 Å². The van der Waals surface area contributed by atoms with Gasteiger partial charge in [-0.15, -0.1) is 0 Å². The number of carbonyl (C=O) groups is 5. The fourth-order valence-corrected chi connectivity index (χ4v) is 7.96. The van der Waals surface area contributed by atoms with Crippen molar-refractivity contribution >= 4 is 57.0 Å². The molecule has 0 spiro atoms. The van der Waals surface area contributed by atoms with Gasteiger partial charge in [-0.25, -0.2) is 23.0 Å². The molecule has 19 nitrogen and oxygen atoms in total. The molecule has 2 aromatic carbocycles. The van der Waals surface area contributed by atoms with E-state index in [0.29, 0.717) is 47.6 Å². The fourth-order valence-electron chi connectivity index (χ4n) is 6.78. The second-order valence-corrected chi connectivity index (χ2v) is 16.6. The number of carbonyl (C=O) groups excluding carboxylic acids is 5. The van der Waals surface area contributed by atoms with Crippen LogP contribution in [0.2, 0.25) is 0 Å². The molecule has 0 aliphatic carbocycles. The highest BCUT2D eigenvalue weighted by molar-refractivity contribution is 7.88. The normalized spacial score (nSPS) is 12.7. The van der Waals surface area contributed by atoms with Crippen LogP contribution in [0.1, 0.15) is 116 Å². The van der Waals surface area contributed by atoms with Gasteiger partial charge >= 0.3 is 12.1 Å². The Morgan fingerprint density at radius 1 is 1.00 bits per heavy atom. The lowest BCUT2D eigenvalue weighted by atomic mass is 9.97. The Balaban J connectivity index is 0.00000114. The van der Waals surface area contributed by atoms with Crippen molar-refractivity contribution in [2.24, 2.45) is 11.5 Å². The third-order valence-electron chi connectivity index (χ3n) is 9.71. The van der Waals surface area contributed by atoms with Crippen LogP contribution in [-0.4, -0.2) is 97.8 Å². The quantitative estimate of drug-likeness (QED) is 0.0605. The molecule has 1 unspecified atom stereocenters. The van der Waals surface area contributed by atoms with Gasteiger partial charge in [0.25, 0.3) is 5.56 Å². The van der Waals surface area contributed by atoms with Gasteiger partial charge in [0.2, 0.25) is 34.4 Å². The zero-order chi connectivity index (χ0) is 52.3. The van der Waals surface area contributed by atoms with Crippen LogP contribution >= 0.6 is 0 Å². The summed E-state index contributed by atoms with van der Waals surface area (Å²) >= 11 is 0. The Labute approximate surface area is 406 Å². The number of nitrogens with zero attached hydrogens (tertiary/aromatic N) is 3. The summed E-state index contributed by atoms with van der Waals surface area (Å²) < 4.78 is 48.6. The van der Waals surface area contributed by atoms with Gasteiger partial charge < -0.3 is 45.6 Å². The third kappa shape index (κ3) is 18.3. The number of fused-ring (bicyclic) bond motifs is 5. The number of ether oxygens (including phenoxy) is 4. The summed E-state index contributed by atoms with van der Waals surface area (Å²) in [6.07, 6.45) is 1.60. The topological polar surface area (TPSA) is 271 Å². The van der Waals surface area contributed by atoms with Gasteiger partial charge in [-0.3, -0.25) is 19.2 Å². The molecule has 0 radical (unpaired) electrons. The van der Waals surface area contributed by atoms with E-state index in [1.165, 1.54) is 28.0 Å². The van der Waals surface area contributed by atoms with Crippen LogP contribution in [0.5, 0.6) is 0 Å². The van der Waals surface area contributed by atoms with Gasteiger partial charge in [-0.05, 0) is 75.5 Å². The smallest absolute Gasteiger partial charge is 0.458 e. The molecule has 0 fully saturated rings. The molecule has 2 aromatic heterocycles. The number of sulfonamides is 1. The summed E-state index contributed by atoms with van der Waals surface area (Å²) in [5, 5.41) is 5.70. The van der Waals surface area contributed by atoms with Crippen LogP contribution in [-0.2, 0) is 74.3 Å². The fraction of sp³-hybridized carbons (Fsp3) is 0.490. The lowest BCUT2D eigenvalue weighted by Crippen LogP contribution is -2.37. The first-order valence-electron chi connectivity index (χ1n) is 23.3. The molecule has 0 saturated heterocycles. The van der Waals surface area contributed by atoms with Crippen molar-refractivity contribution < 1.29 is 51.3 Å². The Hall–Kier alpha value is -6.22. The van der Waals surface area contributed by atoms with E-state index in [4.69, 9.17) is 30.7 Å². The average molecular weight is 984 g/mol. The van der Waals surface area contributed by atoms with E-state index in [1.54, 1.807) is 30.3 Å². The first-order chi connectivity index (χ1) is 33.0. The molecule has 2 aliphatic rings. The van der Waals surface area contributed by atoms with Gasteiger partial charge in [-0.2, -0.15) is 4.31 Å². The number of aromatic nitrogens is 2. The van der Waals surface area contributed by atoms with Crippen LogP contribution in [0.15, 0.2) is 59.4 Å². The van der Waals surface area contributed by atoms with Crippen molar-refractivity contribution in [2.75, 3.05) is 44.4 Å². The Morgan fingerprint density at radius 3 is 2.19 bits per heavy atom. The minimum Gasteiger partial charge on any atom is -0.458 e. The third-order valence-corrected chi connectivity index (χ3v) is 11.2. The summed E-state index contributed by atoms with van der Waals surface area (Å²) in [5.74, 6) is -1.70. The van der Waals surface area contributed by atoms with Gasteiger partial charge in [0.05, 0.1) is 41.8 Å². The van der Waals surface area contributed by atoms with E-state index in [2.05, 4.69) is 22.3 Å². The Bertz CT molecular complexity index is 2440. The summed E-state index contributed by atoms with van der Waals surface area (Å²) in [6, 6.07) is 15.2. The standard InChI is InChI=1S/C35H35N5O10S.C4H9NO2.C4H11N.3C2H6/c1-20(2)40(51(3,46)47)13-12-23-24-6-4-5-7-28(24)38-31-26(23)16-39-29(31)14-25-27(33(39)43)18-48-34(44)32(25)50-35(45)49-17-21-8-10-22(11-9-21)37-30(42)15-36-19-41;1-2-7-3-4(5)6;1-2-3-4-5;3*1-2/h4-11,14,19-20,32H,12-13,15-18H2,1-3H3,(H,36,41)(H,37,42);2-3H2,1H3,(H2,5,6);2-5H2,1H3;3*1-2H3. The Morgan fingerprint density at radius 2 is 1.65 bits per heavy atom. The zero-order valence-corrected chi connectivity index (χ0v) is 42.8. The molecule has 2 aliphatic heterocycles. The minimum atomic E-state index is -3.48. The summed E-state index contributed by atoms with van der Waals surface area (Å²) in [7, 11) is -3.48. The average Bonchev–Trinajstić information content (AvgIpc) is 3.71. The van der Waals surface area contributed by atoms with Gasteiger partial charge in [0, 0.05) is 41.4 Å². The maximum atomic E-state index is 13.9. The van der Waals surface area contributed by atoms with E-state index in [1.807, 2.05) is 86.6 Å². The molecule has 69 heavy (non-hydrogen) atoms. The summed E-state index contributed by atoms with van der Waals surface area (Å²) in [4.78, 5) is 76.5. The number of benzene rings is 2. The number of pyridine rings is 2. The Kier molecular flexibility index (Phi) is 28.0. The number of rotatable bonds is 17. The SMILES string of the molecule is CC.CC.CC.CC(C)N(CCc1c2c(nc3ccccc13)-c1cc3c(c(=O)n1C2)COC(=O)C3OC(=O)OCc1ccc(NC(=O)CNC=O)cc1)S(C)(=O)=O.CCCCN.CCOCC(N)=O. The number of hydrogen-bond donors (Lipinski definition) is 4. The first-order valence-corrected chi connectivity index (χ1v) is 25.1. The molecular weight excluding hydrogens is 911 g/mol. The highest BCUT2D eigenvalue weighted by atomic mass is 32.2. The van der Waals surface area contributed by atoms with Crippen LogP contribution in [0.4, 0.5) is 10.5 Å². The number of cyclic esters (lactones) is 1. The molecule has 1 atom stereocenters. The minimum absolute atomic E-state index is 0.0382. The van der Waals surface area contributed by atoms with Gasteiger partial charge in [0.15, 0.2) is 0 Å². The number of hydrogen-bond acceptors (Lipinski definition) is 14. The number of para-hydroxylation sites is 1. The second kappa shape index (κ2) is 31.8. The molecular formula is C49H73N7O12S. The van der Waals surface area contributed by atoms with Crippen molar-refractivity contribution in [3.8, 4) is 11.4 Å². The number of nitrogens with one attached hydrogen (secondary N) is 2. The molecule has 4 aromatic rings. The van der Waals surface area contributed by atoms with Crippen molar-refractivity contribution in [2.45, 2.75) is 120 Å². The van der Waals surface area contributed by atoms with Gasteiger partial charge in [-0.1, -0.05) is 85.2 Å². The number of nitrogens with two attached hydrogens (primary N) is 2. The highest BCUT2D eigenvalue weighted by Gasteiger charge is 2.38. The van der Waals surface area contributed by atoms with Crippen molar-refractivity contribution in [1.82, 2.24) is 19.2 Å². The van der Waals surface area contributed by atoms with Gasteiger partial charge in [0.1, 0.15) is 19.8 Å². The molecule has 4 heterocycles. The maximum absolute atomic E-state index is 13.9. The second-order valence-electron chi connectivity index (χ2n) is 14.6. The van der Waals surface area contributed by atoms with Crippen LogP contribution in [0.25, 0.3) is 22.3 Å². The molecule has 0 saturated carbocycles. The van der Waals surface area contributed by atoms with Crippen LogP contribution < -0.4 is 27.7 Å². The molecule has 382 valence electrons. The lowest BCUT2D eigenvalue weighted by Gasteiger charge is -2.24. The lowest BCUT2D eigenvalue weighted by molar-refractivity contribution is -0.159. The molecule has 0 bridgehead atoms. The van der Waals surface area contributed by atoms with Crippen LogP contribution in [0.3, 0.4) is 0 Å². The highest BCUT2D eigenvalue weighted by Crippen LogP contribution is 2.39. The monoisotopic (exact) mass is 984 g/mol. The van der Waals surface area contributed by atoms with E-state index in [-0.39, 0.29) is 56.6 Å². The van der Waals surface area contributed by atoms with Crippen molar-refractivity contribution in [1.29, 1.82) is 0 Å². The van der Waals surface area contributed by atoms with E-state index >= 15 is 0 Å². The first kappa shape index (κ1) is 60.8. The van der Waals surface area contributed by atoms with Crippen LogP contribution in [0, 0.1) is 0 Å². The predicted octanol–water partition coefficient (Wildman–Crippen LogP) is 6.11. The van der Waals surface area contributed by atoms with Crippen molar-refractivity contribution in [3.05, 3.63) is 92.8 Å². The summed E-state index contributed by atoms with van der Waals surface area (Å²) in [5.41, 5.74) is 14.0. The predicted molar refractivity (Wildman–Crippen MR) is 268 cm³/mol. The number of primary amides is 1. The molecule has 6 rings (SSSR count). The number of esters is 1. The zero-order valence-electron chi connectivity index (χ0n) is 42.0. The number of amides is 3. The molecule has 6 N–H and O–H groups in total. The number of unbranched alkanes of at least 4 members (excludes halogenated alkanes) is 1. The molecule has 20 heteroatoms. The molecule has 3 amide bonds. The van der Waals surface area contributed by atoms with E-state index < -0.39 is 45.6 Å². The maximum Gasteiger partial charge on any atom is 0.509 e. The van der Waals surface area contributed by atoms with E-state index in [0.717, 1.165) is 23.1 Å². The summed E-state index contributed by atoms with van der Waals surface area (Å²) in [6.45, 7) is 20.7. The number of anilines is 1.